The zero-order valence-electron chi connectivity index (χ0n) is 12.2. The predicted molar refractivity (Wildman–Crippen MR) is 90.6 cm³/mol. The highest BCUT2D eigenvalue weighted by Gasteiger charge is 2.14. The van der Waals surface area contributed by atoms with E-state index in [4.69, 9.17) is 9.26 Å². The van der Waals surface area contributed by atoms with Gasteiger partial charge in [0, 0.05) is 21.8 Å². The van der Waals surface area contributed by atoms with Crippen LogP contribution in [0.15, 0.2) is 63.6 Å². The van der Waals surface area contributed by atoms with Gasteiger partial charge < -0.3 is 14.6 Å². The van der Waals surface area contributed by atoms with Gasteiger partial charge >= 0.3 is 0 Å². The SMILES string of the molecule is COc1ccc(-c2cc(C(=O)Nc3cccc(Br)c3)no2)cc1. The molecule has 0 bridgehead atoms. The molecule has 0 aliphatic carbocycles. The molecule has 0 unspecified atom stereocenters. The standard InChI is InChI=1S/C17H13BrN2O3/c1-22-14-7-5-11(6-8-14)16-10-15(20-23-16)17(21)19-13-4-2-3-12(18)9-13/h2-10H,1H3,(H,19,21). The Bertz CT molecular complexity index is 828. The number of nitrogens with one attached hydrogen (secondary N) is 1. The Labute approximate surface area is 141 Å². The zero-order chi connectivity index (χ0) is 16.2. The Kier molecular flexibility index (Phi) is 4.43. The number of hydrogen-bond acceptors (Lipinski definition) is 4. The number of amides is 1. The molecule has 1 N–H and O–H groups in total. The fraction of sp³-hybridized carbons (Fsp3) is 0.0588. The van der Waals surface area contributed by atoms with Gasteiger partial charge in [-0.1, -0.05) is 27.2 Å². The third kappa shape index (κ3) is 3.60. The molecular weight excluding hydrogens is 360 g/mol. The number of halogens is 1. The summed E-state index contributed by atoms with van der Waals surface area (Å²) in [6.45, 7) is 0. The van der Waals surface area contributed by atoms with Crippen LogP contribution in [0.25, 0.3) is 11.3 Å². The Morgan fingerprint density at radius 2 is 1.96 bits per heavy atom. The number of benzene rings is 2. The van der Waals surface area contributed by atoms with Gasteiger partial charge in [-0.25, -0.2) is 0 Å². The molecule has 0 saturated carbocycles. The van der Waals surface area contributed by atoms with Crippen molar-refractivity contribution in [3.05, 3.63) is 64.8 Å². The molecule has 0 radical (unpaired) electrons. The Morgan fingerprint density at radius 3 is 2.65 bits per heavy atom. The second-order valence-electron chi connectivity index (χ2n) is 4.77. The number of nitrogens with zero attached hydrogens (tertiary/aromatic N) is 1. The molecule has 0 saturated heterocycles. The lowest BCUT2D eigenvalue weighted by molar-refractivity contribution is 0.101. The van der Waals surface area contributed by atoms with Crippen molar-refractivity contribution in [3.8, 4) is 17.1 Å². The van der Waals surface area contributed by atoms with Crippen LogP contribution in [0.1, 0.15) is 10.5 Å². The van der Waals surface area contributed by atoms with Gasteiger partial charge in [-0.3, -0.25) is 4.79 Å². The minimum Gasteiger partial charge on any atom is -0.497 e. The van der Waals surface area contributed by atoms with E-state index < -0.39 is 0 Å². The Hall–Kier alpha value is -2.60. The van der Waals surface area contributed by atoms with Gasteiger partial charge in [0.25, 0.3) is 5.91 Å². The summed E-state index contributed by atoms with van der Waals surface area (Å²) < 4.78 is 11.2. The lowest BCUT2D eigenvalue weighted by Gasteiger charge is -2.02. The summed E-state index contributed by atoms with van der Waals surface area (Å²) in [6.07, 6.45) is 0. The first-order valence-electron chi connectivity index (χ1n) is 6.84. The fourth-order valence-corrected chi connectivity index (χ4v) is 2.43. The average molecular weight is 373 g/mol. The largest absolute Gasteiger partial charge is 0.497 e. The van der Waals surface area contributed by atoms with Gasteiger partial charge in [-0.05, 0) is 42.5 Å². The second-order valence-corrected chi connectivity index (χ2v) is 5.69. The van der Waals surface area contributed by atoms with E-state index in [0.717, 1.165) is 15.8 Å². The predicted octanol–water partition coefficient (Wildman–Crippen LogP) is 4.37. The maximum absolute atomic E-state index is 12.2. The summed E-state index contributed by atoms with van der Waals surface area (Å²) >= 11 is 3.36. The molecule has 0 spiro atoms. The number of rotatable bonds is 4. The lowest BCUT2D eigenvalue weighted by Crippen LogP contribution is -2.11. The van der Waals surface area contributed by atoms with E-state index in [9.17, 15) is 4.79 Å². The highest BCUT2D eigenvalue weighted by Crippen LogP contribution is 2.23. The number of methoxy groups -OCH3 is 1. The zero-order valence-corrected chi connectivity index (χ0v) is 13.8. The maximum Gasteiger partial charge on any atom is 0.277 e. The van der Waals surface area contributed by atoms with Crippen LogP contribution in [0.5, 0.6) is 5.75 Å². The molecule has 5 nitrogen and oxygen atoms in total. The van der Waals surface area contributed by atoms with Crippen molar-refractivity contribution in [2.24, 2.45) is 0 Å². The summed E-state index contributed by atoms with van der Waals surface area (Å²) in [7, 11) is 1.60. The van der Waals surface area contributed by atoms with Crippen LogP contribution in [0.3, 0.4) is 0 Å². The van der Waals surface area contributed by atoms with Crippen LogP contribution in [-0.4, -0.2) is 18.2 Å². The van der Waals surface area contributed by atoms with Crippen molar-refractivity contribution in [1.82, 2.24) is 5.16 Å². The smallest absolute Gasteiger partial charge is 0.277 e. The molecule has 0 aliphatic rings. The van der Waals surface area contributed by atoms with E-state index in [2.05, 4.69) is 26.4 Å². The molecule has 2 aromatic carbocycles. The topological polar surface area (TPSA) is 64.4 Å². The van der Waals surface area contributed by atoms with Gasteiger partial charge in [0.05, 0.1) is 7.11 Å². The van der Waals surface area contributed by atoms with Crippen molar-refractivity contribution < 1.29 is 14.1 Å². The Balaban J connectivity index is 1.76. The maximum atomic E-state index is 12.2. The summed E-state index contributed by atoms with van der Waals surface area (Å²) in [4.78, 5) is 12.2. The molecule has 0 atom stereocenters. The number of ether oxygens (including phenoxy) is 1. The number of anilines is 1. The van der Waals surface area contributed by atoms with Crippen molar-refractivity contribution >= 4 is 27.5 Å². The first kappa shape index (κ1) is 15.3. The molecule has 1 amide bonds. The third-order valence-electron chi connectivity index (χ3n) is 3.20. The van der Waals surface area contributed by atoms with Gasteiger partial charge in [0.1, 0.15) is 5.75 Å². The minimum atomic E-state index is -0.327. The van der Waals surface area contributed by atoms with Crippen molar-refractivity contribution in [1.29, 1.82) is 0 Å². The number of hydrogen-bond donors (Lipinski definition) is 1. The molecule has 1 heterocycles. The summed E-state index contributed by atoms with van der Waals surface area (Å²) in [6, 6.07) is 16.3. The van der Waals surface area contributed by atoms with E-state index in [0.29, 0.717) is 11.4 Å². The van der Waals surface area contributed by atoms with Crippen molar-refractivity contribution in [2.75, 3.05) is 12.4 Å². The van der Waals surface area contributed by atoms with E-state index in [1.807, 2.05) is 42.5 Å². The van der Waals surface area contributed by atoms with E-state index in [1.165, 1.54) is 0 Å². The van der Waals surface area contributed by atoms with Crippen LogP contribution in [0.2, 0.25) is 0 Å². The normalized spacial score (nSPS) is 10.3. The monoisotopic (exact) mass is 372 g/mol. The number of aromatic nitrogens is 1. The number of carbonyl (C=O) groups is 1. The van der Waals surface area contributed by atoms with Crippen LogP contribution in [0, 0.1) is 0 Å². The van der Waals surface area contributed by atoms with E-state index in [-0.39, 0.29) is 11.6 Å². The highest BCUT2D eigenvalue weighted by atomic mass is 79.9. The molecular formula is C17H13BrN2O3. The molecule has 6 heteroatoms. The molecule has 1 aromatic heterocycles. The number of carbonyl (C=O) groups excluding carboxylic acids is 1. The lowest BCUT2D eigenvalue weighted by atomic mass is 10.1. The van der Waals surface area contributed by atoms with Crippen LogP contribution < -0.4 is 10.1 Å². The van der Waals surface area contributed by atoms with Gasteiger partial charge in [-0.2, -0.15) is 0 Å². The van der Waals surface area contributed by atoms with E-state index >= 15 is 0 Å². The third-order valence-corrected chi connectivity index (χ3v) is 3.69. The van der Waals surface area contributed by atoms with Gasteiger partial charge in [0.15, 0.2) is 11.5 Å². The quantitative estimate of drug-likeness (QED) is 0.738. The Morgan fingerprint density at radius 1 is 1.17 bits per heavy atom. The minimum absolute atomic E-state index is 0.218. The molecule has 23 heavy (non-hydrogen) atoms. The molecule has 0 fully saturated rings. The average Bonchev–Trinajstić information content (AvgIpc) is 3.05. The van der Waals surface area contributed by atoms with Crippen LogP contribution in [-0.2, 0) is 0 Å². The molecule has 116 valence electrons. The molecule has 0 aliphatic heterocycles. The first-order valence-corrected chi connectivity index (χ1v) is 7.63. The second kappa shape index (κ2) is 6.66. The summed E-state index contributed by atoms with van der Waals surface area (Å²) in [5.41, 5.74) is 1.72. The fourth-order valence-electron chi connectivity index (χ4n) is 2.03. The van der Waals surface area contributed by atoms with E-state index in [1.54, 1.807) is 19.2 Å². The van der Waals surface area contributed by atoms with Crippen LogP contribution in [0.4, 0.5) is 5.69 Å². The summed E-state index contributed by atoms with van der Waals surface area (Å²) in [5.74, 6) is 0.944. The molecule has 3 rings (SSSR count). The van der Waals surface area contributed by atoms with Gasteiger partial charge in [0.2, 0.25) is 0 Å². The van der Waals surface area contributed by atoms with Crippen molar-refractivity contribution in [3.63, 3.8) is 0 Å². The highest BCUT2D eigenvalue weighted by molar-refractivity contribution is 9.10. The summed E-state index contributed by atoms with van der Waals surface area (Å²) in [5, 5.41) is 6.59. The van der Waals surface area contributed by atoms with Crippen molar-refractivity contribution in [2.45, 2.75) is 0 Å². The van der Waals surface area contributed by atoms with Gasteiger partial charge in [-0.15, -0.1) is 0 Å². The first-order chi connectivity index (χ1) is 11.2. The van der Waals surface area contributed by atoms with Crippen LogP contribution >= 0.6 is 15.9 Å². The molecule has 3 aromatic rings.